The standard InChI is InChI=1S/C18H24N4O4S/c1-5-7-25-22-12-9-13(15-19-6-8-27-15)14(21(11-12)17(22)24)10-20-16(23)26-18(2,3)4/h5-6,8-9,12,14H,1,7,10-11H2,2-4H3,(H,20,23)/t12-,14-/m1/s1. The summed E-state index contributed by atoms with van der Waals surface area (Å²) in [4.78, 5) is 36.5. The van der Waals surface area contributed by atoms with Crippen LogP contribution in [0.1, 0.15) is 25.8 Å². The van der Waals surface area contributed by atoms with Gasteiger partial charge in [-0.05, 0) is 26.8 Å². The maximum Gasteiger partial charge on any atom is 0.407 e. The zero-order valence-corrected chi connectivity index (χ0v) is 16.5. The molecule has 1 saturated heterocycles. The Morgan fingerprint density at radius 3 is 2.93 bits per heavy atom. The molecular formula is C18H24N4O4S. The van der Waals surface area contributed by atoms with Crippen molar-refractivity contribution in [2.24, 2.45) is 0 Å². The SMILES string of the molecule is C=CCON1C(=O)N2C[C@H]1C=C(c1nccs1)[C@H]2CNC(=O)OC(C)(C)C. The number of amides is 3. The highest BCUT2D eigenvalue weighted by Gasteiger charge is 2.46. The molecule has 8 nitrogen and oxygen atoms in total. The summed E-state index contributed by atoms with van der Waals surface area (Å²) in [6, 6.07) is -0.778. The summed E-state index contributed by atoms with van der Waals surface area (Å²) in [7, 11) is 0. The summed E-state index contributed by atoms with van der Waals surface area (Å²) < 4.78 is 5.30. The molecule has 27 heavy (non-hydrogen) atoms. The van der Waals surface area contributed by atoms with Crippen molar-refractivity contribution in [2.45, 2.75) is 38.5 Å². The topological polar surface area (TPSA) is 84.0 Å². The van der Waals surface area contributed by atoms with Gasteiger partial charge in [-0.2, -0.15) is 5.06 Å². The zero-order valence-electron chi connectivity index (χ0n) is 15.7. The second-order valence-electron chi connectivity index (χ2n) is 7.27. The minimum absolute atomic E-state index is 0.200. The van der Waals surface area contributed by atoms with Crippen molar-refractivity contribution in [3.05, 3.63) is 35.3 Å². The van der Waals surface area contributed by atoms with E-state index in [1.165, 1.54) is 16.4 Å². The molecule has 0 unspecified atom stereocenters. The number of nitrogens with one attached hydrogen (secondary N) is 1. The molecule has 9 heteroatoms. The smallest absolute Gasteiger partial charge is 0.407 e. The van der Waals surface area contributed by atoms with E-state index in [0.717, 1.165) is 10.6 Å². The van der Waals surface area contributed by atoms with Crippen molar-refractivity contribution in [1.82, 2.24) is 20.3 Å². The summed E-state index contributed by atoms with van der Waals surface area (Å²) in [5.74, 6) is 0. The number of rotatable bonds is 6. The van der Waals surface area contributed by atoms with Crippen LogP contribution in [-0.4, -0.2) is 64.5 Å². The third-order valence-electron chi connectivity index (χ3n) is 4.08. The normalized spacial score (nSPS) is 21.9. The van der Waals surface area contributed by atoms with Crippen LogP contribution in [0, 0.1) is 0 Å². The predicted octanol–water partition coefficient (Wildman–Crippen LogP) is 2.66. The third kappa shape index (κ3) is 4.30. The summed E-state index contributed by atoms with van der Waals surface area (Å²) >= 11 is 1.49. The van der Waals surface area contributed by atoms with E-state index in [9.17, 15) is 9.59 Å². The number of thiazole rings is 1. The highest BCUT2D eigenvalue weighted by Crippen LogP contribution is 2.35. The fourth-order valence-electron chi connectivity index (χ4n) is 3.07. The molecule has 0 aromatic carbocycles. The van der Waals surface area contributed by atoms with E-state index < -0.39 is 11.7 Å². The third-order valence-corrected chi connectivity index (χ3v) is 4.90. The lowest BCUT2D eigenvalue weighted by Crippen LogP contribution is -2.48. The van der Waals surface area contributed by atoms with E-state index >= 15 is 0 Å². The van der Waals surface area contributed by atoms with Crippen LogP contribution in [-0.2, 0) is 9.57 Å². The lowest BCUT2D eigenvalue weighted by molar-refractivity contribution is -0.107. The van der Waals surface area contributed by atoms with Gasteiger partial charge in [-0.25, -0.2) is 14.6 Å². The van der Waals surface area contributed by atoms with Gasteiger partial charge in [-0.15, -0.1) is 17.9 Å². The summed E-state index contributed by atoms with van der Waals surface area (Å²) in [6.45, 7) is 10.00. The number of alkyl carbamates (subject to hydrolysis) is 1. The van der Waals surface area contributed by atoms with Gasteiger partial charge in [0, 0.05) is 30.2 Å². The molecule has 146 valence electrons. The molecule has 3 heterocycles. The molecule has 2 aliphatic rings. The number of carbonyl (C=O) groups excluding carboxylic acids is 2. The van der Waals surface area contributed by atoms with Crippen molar-refractivity contribution in [1.29, 1.82) is 0 Å². The van der Waals surface area contributed by atoms with Gasteiger partial charge in [0.05, 0.1) is 18.7 Å². The molecule has 1 aromatic heterocycles. The maximum atomic E-state index is 12.8. The minimum Gasteiger partial charge on any atom is -0.444 e. The first-order valence-corrected chi connectivity index (χ1v) is 9.60. The zero-order chi connectivity index (χ0) is 19.6. The number of hydroxylamine groups is 2. The van der Waals surface area contributed by atoms with Crippen LogP contribution in [0.4, 0.5) is 9.59 Å². The van der Waals surface area contributed by atoms with Crippen molar-refractivity contribution in [2.75, 3.05) is 19.7 Å². The molecule has 1 fully saturated rings. The van der Waals surface area contributed by atoms with Crippen molar-refractivity contribution >= 4 is 29.0 Å². The number of fused-ring (bicyclic) bond motifs is 2. The van der Waals surface area contributed by atoms with E-state index in [1.54, 1.807) is 37.9 Å². The molecule has 0 aliphatic carbocycles. The summed E-state index contributed by atoms with van der Waals surface area (Å²) in [5.41, 5.74) is 0.310. The Morgan fingerprint density at radius 2 is 2.30 bits per heavy atom. The molecule has 1 N–H and O–H groups in total. The van der Waals surface area contributed by atoms with Crippen molar-refractivity contribution < 1.29 is 19.2 Å². The van der Waals surface area contributed by atoms with E-state index in [-0.39, 0.29) is 31.3 Å². The second kappa shape index (κ2) is 7.69. The van der Waals surface area contributed by atoms with Crippen LogP contribution >= 0.6 is 11.3 Å². The minimum atomic E-state index is -0.589. The molecule has 1 aromatic rings. The molecule has 3 rings (SSSR count). The van der Waals surface area contributed by atoms with Gasteiger partial charge in [-0.1, -0.05) is 6.08 Å². The maximum absolute atomic E-state index is 12.8. The second-order valence-corrected chi connectivity index (χ2v) is 8.16. The number of urea groups is 1. The molecule has 2 bridgehead atoms. The Kier molecular flexibility index (Phi) is 5.52. The number of ether oxygens (including phenoxy) is 1. The van der Waals surface area contributed by atoms with Crippen molar-refractivity contribution in [3.8, 4) is 0 Å². The number of nitrogens with zero attached hydrogens (tertiary/aromatic N) is 3. The van der Waals surface area contributed by atoms with Gasteiger partial charge in [0.2, 0.25) is 0 Å². The molecule has 0 radical (unpaired) electrons. The van der Waals surface area contributed by atoms with Crippen LogP contribution in [0.25, 0.3) is 5.57 Å². The van der Waals surface area contributed by atoms with E-state index in [0.29, 0.717) is 6.54 Å². The van der Waals surface area contributed by atoms with E-state index in [1.807, 2.05) is 11.5 Å². The van der Waals surface area contributed by atoms with Gasteiger partial charge in [0.25, 0.3) is 0 Å². The van der Waals surface area contributed by atoms with Gasteiger partial charge < -0.3 is 15.0 Å². The van der Waals surface area contributed by atoms with Gasteiger partial charge >= 0.3 is 12.1 Å². The molecule has 0 saturated carbocycles. The number of hydrogen-bond donors (Lipinski definition) is 1. The number of aromatic nitrogens is 1. The summed E-state index contributed by atoms with van der Waals surface area (Å²) in [6.07, 6.45) is 4.79. The first-order valence-electron chi connectivity index (χ1n) is 8.72. The Labute approximate surface area is 162 Å². The molecule has 0 spiro atoms. The first kappa shape index (κ1) is 19.4. The van der Waals surface area contributed by atoms with Gasteiger partial charge in [0.1, 0.15) is 10.6 Å². The quantitative estimate of drug-likeness (QED) is 0.753. The molecule has 2 atom stereocenters. The molecule has 2 aliphatic heterocycles. The number of hydrogen-bond acceptors (Lipinski definition) is 6. The predicted molar refractivity (Wildman–Crippen MR) is 102 cm³/mol. The Hall–Kier alpha value is -2.39. The van der Waals surface area contributed by atoms with Crippen LogP contribution in [0.15, 0.2) is 30.3 Å². The fraction of sp³-hybridized carbons (Fsp3) is 0.500. The largest absolute Gasteiger partial charge is 0.444 e. The highest BCUT2D eigenvalue weighted by atomic mass is 32.1. The van der Waals surface area contributed by atoms with E-state index in [2.05, 4.69) is 16.9 Å². The molecule has 3 amide bonds. The Morgan fingerprint density at radius 1 is 1.52 bits per heavy atom. The van der Waals surface area contributed by atoms with Crippen LogP contribution in [0.2, 0.25) is 0 Å². The molecular weight excluding hydrogens is 368 g/mol. The Balaban J connectivity index is 1.80. The summed E-state index contributed by atoms with van der Waals surface area (Å²) in [5, 5.41) is 6.83. The Bertz CT molecular complexity index is 741. The van der Waals surface area contributed by atoms with Crippen LogP contribution < -0.4 is 5.32 Å². The number of carbonyl (C=O) groups is 2. The lowest BCUT2D eigenvalue weighted by atomic mass is 9.99. The van der Waals surface area contributed by atoms with Crippen molar-refractivity contribution in [3.63, 3.8) is 0 Å². The lowest BCUT2D eigenvalue weighted by Gasteiger charge is -2.31. The van der Waals surface area contributed by atoms with Gasteiger partial charge in [0.15, 0.2) is 0 Å². The highest BCUT2D eigenvalue weighted by molar-refractivity contribution is 7.10. The fourth-order valence-corrected chi connectivity index (χ4v) is 3.78. The van der Waals surface area contributed by atoms with Crippen LogP contribution in [0.3, 0.4) is 0 Å². The van der Waals surface area contributed by atoms with Crippen LogP contribution in [0.5, 0.6) is 0 Å². The average molecular weight is 392 g/mol. The van der Waals surface area contributed by atoms with Gasteiger partial charge in [-0.3, -0.25) is 4.84 Å². The first-order chi connectivity index (χ1) is 12.8. The average Bonchev–Trinajstić information content (AvgIpc) is 3.19. The van der Waals surface area contributed by atoms with E-state index in [4.69, 9.17) is 9.57 Å². The monoisotopic (exact) mass is 392 g/mol.